The number of aromatic nitrogens is 2. The van der Waals surface area contributed by atoms with E-state index in [1.54, 1.807) is 4.90 Å². The molecule has 0 spiro atoms. The number of benzene rings is 1. The van der Waals surface area contributed by atoms with Crippen LogP contribution in [0.4, 0.5) is 23.2 Å². The van der Waals surface area contributed by atoms with Crippen LogP contribution in [-0.4, -0.2) is 51.5 Å². The molecular formula is C24H25F4N5O. The van der Waals surface area contributed by atoms with Gasteiger partial charge in [0.05, 0.1) is 24.1 Å². The molecule has 1 aliphatic rings. The van der Waals surface area contributed by atoms with Crippen molar-refractivity contribution in [3.63, 3.8) is 0 Å². The summed E-state index contributed by atoms with van der Waals surface area (Å²) in [6.45, 7) is 1.30. The minimum Gasteiger partial charge on any atom is -0.378 e. The van der Waals surface area contributed by atoms with E-state index in [1.807, 2.05) is 0 Å². The Morgan fingerprint density at radius 2 is 1.85 bits per heavy atom. The minimum atomic E-state index is -3.04. The summed E-state index contributed by atoms with van der Waals surface area (Å²) in [4.78, 5) is 18.7. The molecule has 1 aliphatic heterocycles. The molecular weight excluding hydrogens is 450 g/mol. The normalized spacial score (nSPS) is 14.8. The SMILES string of the molecule is CC(F)(F)CNc1cc(C(=O)N2CCCCCC2)ccc1C(=N)c1cnc2c(F)cc(F)cn12. The Bertz CT molecular complexity index is 1230. The van der Waals surface area contributed by atoms with E-state index >= 15 is 0 Å². The topological polar surface area (TPSA) is 73.5 Å². The number of likely N-dealkylation sites (tertiary alicyclic amines) is 1. The number of halogens is 4. The first kappa shape index (κ1) is 23.7. The monoisotopic (exact) mass is 475 g/mol. The van der Waals surface area contributed by atoms with Gasteiger partial charge in [-0.2, -0.15) is 0 Å². The third-order valence-corrected chi connectivity index (χ3v) is 5.80. The van der Waals surface area contributed by atoms with Gasteiger partial charge in [-0.05, 0) is 31.0 Å². The lowest BCUT2D eigenvalue weighted by Gasteiger charge is -2.22. The number of carbonyl (C=O) groups is 1. The largest absolute Gasteiger partial charge is 0.378 e. The second-order valence-corrected chi connectivity index (χ2v) is 8.61. The minimum absolute atomic E-state index is 0.0753. The van der Waals surface area contributed by atoms with E-state index in [4.69, 9.17) is 5.41 Å². The number of amides is 1. The zero-order valence-electron chi connectivity index (χ0n) is 18.7. The summed E-state index contributed by atoms with van der Waals surface area (Å²) in [5, 5.41) is 11.3. The quantitative estimate of drug-likeness (QED) is 0.384. The van der Waals surface area contributed by atoms with Crippen LogP contribution >= 0.6 is 0 Å². The highest BCUT2D eigenvalue weighted by molar-refractivity contribution is 6.14. The van der Waals surface area contributed by atoms with Crippen LogP contribution in [-0.2, 0) is 0 Å². The summed E-state index contributed by atoms with van der Waals surface area (Å²) >= 11 is 0. The van der Waals surface area contributed by atoms with Gasteiger partial charge in [-0.15, -0.1) is 0 Å². The van der Waals surface area contributed by atoms with Gasteiger partial charge in [-0.25, -0.2) is 22.5 Å². The number of alkyl halides is 2. The van der Waals surface area contributed by atoms with E-state index in [2.05, 4.69) is 10.3 Å². The summed E-state index contributed by atoms with van der Waals surface area (Å²) in [5.74, 6) is -4.98. The predicted molar refractivity (Wildman–Crippen MR) is 121 cm³/mol. The van der Waals surface area contributed by atoms with E-state index in [0.29, 0.717) is 24.7 Å². The third-order valence-electron chi connectivity index (χ3n) is 5.80. The Morgan fingerprint density at radius 1 is 1.15 bits per heavy atom. The molecule has 0 aliphatic carbocycles. The van der Waals surface area contributed by atoms with E-state index in [0.717, 1.165) is 43.2 Å². The van der Waals surface area contributed by atoms with Crippen LogP contribution in [0.1, 0.15) is 54.2 Å². The maximum Gasteiger partial charge on any atom is 0.262 e. The molecule has 0 atom stereocenters. The number of fused-ring (bicyclic) bond motifs is 1. The molecule has 3 aromatic rings. The predicted octanol–water partition coefficient (Wildman–Crippen LogP) is 5.11. The van der Waals surface area contributed by atoms with Crippen molar-refractivity contribution in [1.82, 2.24) is 14.3 Å². The lowest BCUT2D eigenvalue weighted by Crippen LogP contribution is -2.32. The first-order chi connectivity index (χ1) is 16.1. The molecule has 1 aromatic carbocycles. The first-order valence-electron chi connectivity index (χ1n) is 11.1. The number of carbonyl (C=O) groups excluding carboxylic acids is 1. The molecule has 10 heteroatoms. The van der Waals surface area contributed by atoms with Gasteiger partial charge < -0.3 is 10.2 Å². The molecule has 180 valence electrons. The number of nitrogens with one attached hydrogen (secondary N) is 2. The maximum absolute atomic E-state index is 14.1. The molecule has 1 amide bonds. The number of pyridine rings is 1. The van der Waals surface area contributed by atoms with Gasteiger partial charge in [-0.1, -0.05) is 12.8 Å². The highest BCUT2D eigenvalue weighted by Crippen LogP contribution is 2.26. The lowest BCUT2D eigenvalue weighted by atomic mass is 10.0. The van der Waals surface area contributed by atoms with Crippen LogP contribution in [0.5, 0.6) is 0 Å². The average Bonchev–Trinajstić information content (AvgIpc) is 3.02. The molecule has 2 aromatic heterocycles. The van der Waals surface area contributed by atoms with Crippen molar-refractivity contribution in [2.45, 2.75) is 38.5 Å². The van der Waals surface area contributed by atoms with Crippen molar-refractivity contribution in [3.8, 4) is 0 Å². The molecule has 1 saturated heterocycles. The van der Waals surface area contributed by atoms with Crippen LogP contribution in [0, 0.1) is 17.0 Å². The molecule has 34 heavy (non-hydrogen) atoms. The van der Waals surface area contributed by atoms with Crippen molar-refractivity contribution in [2.24, 2.45) is 0 Å². The summed E-state index contributed by atoms with van der Waals surface area (Å²) in [6, 6.07) is 5.16. The smallest absolute Gasteiger partial charge is 0.262 e. The Kier molecular flexibility index (Phi) is 6.58. The number of anilines is 1. The van der Waals surface area contributed by atoms with Crippen LogP contribution in [0.3, 0.4) is 0 Å². The van der Waals surface area contributed by atoms with Crippen molar-refractivity contribution in [3.05, 3.63) is 65.1 Å². The Morgan fingerprint density at radius 3 is 2.53 bits per heavy atom. The summed E-state index contributed by atoms with van der Waals surface area (Å²) < 4.78 is 56.2. The standard InChI is InChI=1S/C24H25F4N5O/c1-24(27,28)14-31-19-10-15(23(34)32-8-4-2-3-5-9-32)6-7-17(19)21(29)20-12-30-22-18(26)11-16(25)13-33(20)22/h6-7,10-13,29,31H,2-5,8-9,14H2,1H3. The van der Waals surface area contributed by atoms with E-state index in [9.17, 15) is 22.4 Å². The van der Waals surface area contributed by atoms with Crippen LogP contribution in [0.2, 0.25) is 0 Å². The van der Waals surface area contributed by atoms with Gasteiger partial charge in [0.15, 0.2) is 11.5 Å². The van der Waals surface area contributed by atoms with Crippen molar-refractivity contribution in [1.29, 1.82) is 5.41 Å². The number of hydrogen-bond acceptors (Lipinski definition) is 4. The Hall–Kier alpha value is -3.43. The number of rotatable bonds is 6. The molecule has 4 rings (SSSR count). The zero-order chi connectivity index (χ0) is 24.5. The molecule has 0 bridgehead atoms. The maximum atomic E-state index is 14.1. The van der Waals surface area contributed by atoms with Gasteiger partial charge in [0.2, 0.25) is 0 Å². The molecule has 0 saturated carbocycles. The van der Waals surface area contributed by atoms with Gasteiger partial charge in [0, 0.05) is 49.1 Å². The summed E-state index contributed by atoms with van der Waals surface area (Å²) in [7, 11) is 0. The van der Waals surface area contributed by atoms with Crippen molar-refractivity contribution < 1.29 is 22.4 Å². The van der Waals surface area contributed by atoms with Crippen LogP contribution in [0.15, 0.2) is 36.7 Å². The second kappa shape index (κ2) is 9.44. The molecule has 0 radical (unpaired) electrons. The van der Waals surface area contributed by atoms with Crippen molar-refractivity contribution >= 4 is 23.0 Å². The van der Waals surface area contributed by atoms with Gasteiger partial charge >= 0.3 is 0 Å². The molecule has 1 fully saturated rings. The van der Waals surface area contributed by atoms with Gasteiger partial charge in [0.1, 0.15) is 5.82 Å². The Balaban J connectivity index is 1.72. The Labute approximate surface area is 194 Å². The van der Waals surface area contributed by atoms with Crippen molar-refractivity contribution in [2.75, 3.05) is 25.0 Å². The van der Waals surface area contributed by atoms with Gasteiger partial charge in [-0.3, -0.25) is 14.6 Å². The lowest BCUT2D eigenvalue weighted by molar-refractivity contribution is 0.0367. The number of imidazole rings is 1. The molecule has 2 N–H and O–H groups in total. The summed E-state index contributed by atoms with van der Waals surface area (Å²) in [6.07, 6.45) is 6.14. The first-order valence-corrected chi connectivity index (χ1v) is 11.1. The fourth-order valence-electron chi connectivity index (χ4n) is 4.09. The highest BCUT2D eigenvalue weighted by atomic mass is 19.3. The second-order valence-electron chi connectivity index (χ2n) is 8.61. The number of nitrogens with zero attached hydrogens (tertiary/aromatic N) is 3. The fraction of sp³-hybridized carbons (Fsp3) is 0.375. The van der Waals surface area contributed by atoms with E-state index < -0.39 is 24.1 Å². The van der Waals surface area contributed by atoms with Crippen LogP contribution < -0.4 is 5.32 Å². The van der Waals surface area contributed by atoms with E-state index in [1.165, 1.54) is 24.4 Å². The number of hydrogen-bond donors (Lipinski definition) is 2. The van der Waals surface area contributed by atoms with Crippen LogP contribution in [0.25, 0.3) is 5.65 Å². The fourth-order valence-corrected chi connectivity index (χ4v) is 4.09. The highest BCUT2D eigenvalue weighted by Gasteiger charge is 2.24. The summed E-state index contributed by atoms with van der Waals surface area (Å²) in [5.41, 5.74) is 0.390. The molecule has 0 unspecified atom stereocenters. The third kappa shape index (κ3) is 5.05. The molecule has 3 heterocycles. The molecule has 6 nitrogen and oxygen atoms in total. The average molecular weight is 475 g/mol. The van der Waals surface area contributed by atoms with E-state index in [-0.39, 0.29) is 34.2 Å². The zero-order valence-corrected chi connectivity index (χ0v) is 18.7. The van der Waals surface area contributed by atoms with Gasteiger partial charge in [0.25, 0.3) is 11.8 Å².